The van der Waals surface area contributed by atoms with Crippen LogP contribution < -0.4 is 24.0 Å². The van der Waals surface area contributed by atoms with Gasteiger partial charge in [-0.25, -0.2) is 0 Å². The highest BCUT2D eigenvalue weighted by Crippen LogP contribution is 2.28. The summed E-state index contributed by atoms with van der Waals surface area (Å²) in [5.74, 6) is 2.42. The topological polar surface area (TPSA) is 88.5 Å². The number of benzene rings is 4. The fourth-order valence-corrected chi connectivity index (χ4v) is 5.59. The van der Waals surface area contributed by atoms with E-state index < -0.39 is 6.10 Å². The fraction of sp³-hybridized carbons (Fsp3) is 0.235. The van der Waals surface area contributed by atoms with Gasteiger partial charge in [0.15, 0.2) is 6.10 Å². The highest BCUT2D eigenvalue weighted by Gasteiger charge is 2.34. The van der Waals surface area contributed by atoms with Crippen molar-refractivity contribution in [2.24, 2.45) is 0 Å². The molecule has 2 aliphatic heterocycles. The molecule has 1 N–H and O–H groups in total. The molecule has 0 spiro atoms. The van der Waals surface area contributed by atoms with Gasteiger partial charge in [-0.15, -0.1) is 0 Å². The molecule has 0 bridgehead atoms. The Balaban J connectivity index is 0.000000171. The van der Waals surface area contributed by atoms with Gasteiger partial charge in [0.2, 0.25) is 5.91 Å². The Morgan fingerprint density at radius 1 is 0.667 bits per heavy atom. The van der Waals surface area contributed by atoms with Crippen molar-refractivity contribution in [3.63, 3.8) is 0 Å². The minimum absolute atomic E-state index is 0.00820. The van der Waals surface area contributed by atoms with Gasteiger partial charge in [-0.3, -0.25) is 9.59 Å². The van der Waals surface area contributed by atoms with Crippen molar-refractivity contribution in [1.29, 1.82) is 0 Å². The zero-order valence-electron chi connectivity index (χ0n) is 24.7. The van der Waals surface area contributed by atoms with Gasteiger partial charge in [-0.05, 0) is 79.2 Å². The maximum absolute atomic E-state index is 12.5. The number of phenols is 1. The largest absolute Gasteiger partial charge is 0.508 e. The molecule has 0 radical (unpaired) electrons. The first-order valence-corrected chi connectivity index (χ1v) is 16.6. The van der Waals surface area contributed by atoms with Crippen molar-refractivity contribution in [3.8, 4) is 23.0 Å². The minimum Gasteiger partial charge on any atom is -0.508 e. The zero-order valence-corrected chi connectivity index (χ0v) is 29.5. The van der Waals surface area contributed by atoms with Crippen LogP contribution in [0, 0.1) is 0 Å². The lowest BCUT2D eigenvalue weighted by molar-refractivity contribution is -0.123. The molecule has 2 aliphatic rings. The van der Waals surface area contributed by atoms with Crippen LogP contribution in [0.2, 0.25) is 0 Å². The Morgan fingerprint density at radius 3 is 1.64 bits per heavy atom. The lowest BCUT2D eigenvalue weighted by atomic mass is 10.3. The molecule has 236 valence electrons. The van der Waals surface area contributed by atoms with Crippen LogP contribution in [-0.2, 0) is 9.59 Å². The summed E-state index contributed by atoms with van der Waals surface area (Å²) in [5.41, 5.74) is 1.87. The minimum atomic E-state index is -0.448. The van der Waals surface area contributed by atoms with E-state index in [1.807, 2.05) is 71.6 Å². The quantitative estimate of drug-likeness (QED) is 0.199. The van der Waals surface area contributed by atoms with Gasteiger partial charge in [0.25, 0.3) is 5.91 Å². The monoisotopic (exact) mass is 802 g/mol. The average molecular weight is 805 g/mol. The number of amides is 2. The Morgan fingerprint density at radius 2 is 1.16 bits per heavy atom. The lowest BCUT2D eigenvalue weighted by Crippen LogP contribution is -2.32. The summed E-state index contributed by atoms with van der Waals surface area (Å²) in [6.45, 7) is 1.46. The van der Waals surface area contributed by atoms with Gasteiger partial charge < -0.3 is 29.1 Å². The smallest absolute Gasteiger partial charge is 0.268 e. The molecule has 2 saturated heterocycles. The van der Waals surface area contributed by atoms with Crippen molar-refractivity contribution in [1.82, 2.24) is 0 Å². The number of anilines is 2. The number of rotatable bonds is 6. The van der Waals surface area contributed by atoms with Crippen molar-refractivity contribution >= 4 is 71.0 Å². The number of methoxy groups -OCH3 is 2. The Hall–Kier alpha value is -3.54. The van der Waals surface area contributed by atoms with Gasteiger partial charge in [0, 0.05) is 52.0 Å². The van der Waals surface area contributed by atoms with Crippen LogP contribution in [0.1, 0.15) is 12.8 Å². The Labute approximate surface area is 288 Å². The second kappa shape index (κ2) is 16.7. The van der Waals surface area contributed by atoms with Crippen LogP contribution in [0.3, 0.4) is 0 Å². The number of carbonyl (C=O) groups is 2. The predicted octanol–water partition coefficient (Wildman–Crippen LogP) is 7.99. The molecule has 2 fully saturated rings. The normalized spacial score (nSPS) is 17.2. The van der Waals surface area contributed by atoms with Crippen molar-refractivity contribution in [2.45, 2.75) is 23.8 Å². The first-order chi connectivity index (χ1) is 21.7. The molecule has 11 heteroatoms. The van der Waals surface area contributed by atoms with Crippen LogP contribution in [-0.4, -0.2) is 55.2 Å². The molecule has 0 aliphatic carbocycles. The van der Waals surface area contributed by atoms with Crippen LogP contribution >= 0.6 is 47.8 Å². The molecule has 8 nitrogen and oxygen atoms in total. The fourth-order valence-electron chi connectivity index (χ4n) is 4.61. The van der Waals surface area contributed by atoms with Gasteiger partial charge in [0.1, 0.15) is 23.0 Å². The summed E-state index contributed by atoms with van der Waals surface area (Å²) in [4.78, 5) is 27.7. The average Bonchev–Trinajstić information content (AvgIpc) is 3.58. The first kappa shape index (κ1) is 34.3. The van der Waals surface area contributed by atoms with E-state index >= 15 is 0 Å². The second-order valence-corrected chi connectivity index (χ2v) is 12.9. The van der Waals surface area contributed by atoms with Crippen LogP contribution in [0.5, 0.6) is 23.0 Å². The maximum Gasteiger partial charge on any atom is 0.268 e. The molecule has 4 aromatic carbocycles. The summed E-state index contributed by atoms with van der Waals surface area (Å²) in [5, 5.41) is 8.86. The highest BCUT2D eigenvalue weighted by molar-refractivity contribution is 9.10. The summed E-state index contributed by atoms with van der Waals surface area (Å²) < 4.78 is 17.9. The number of halogens is 3. The van der Waals surface area contributed by atoms with E-state index in [-0.39, 0.29) is 22.4 Å². The third kappa shape index (κ3) is 9.72. The van der Waals surface area contributed by atoms with E-state index in [1.165, 1.54) is 0 Å². The van der Waals surface area contributed by atoms with Gasteiger partial charge in [0.05, 0.1) is 19.0 Å². The second-order valence-electron chi connectivity index (χ2n) is 9.96. The summed E-state index contributed by atoms with van der Waals surface area (Å²) in [6.07, 6.45) is 1.11. The van der Waals surface area contributed by atoms with Gasteiger partial charge in [-0.2, -0.15) is 0 Å². The molecule has 45 heavy (non-hydrogen) atoms. The SMILES string of the molecule is COc1cccc(O)c1.COc1cccc(OC2CCN(c3ccc(Br)cc3)C2=O)c1.O=C1C(Br)CCN1c1ccc(Br)cc1. The third-order valence-corrected chi connectivity index (χ3v) is 8.85. The van der Waals surface area contributed by atoms with E-state index in [2.05, 4.69) is 47.8 Å². The third-order valence-electron chi connectivity index (χ3n) is 6.95. The molecule has 2 unspecified atom stereocenters. The van der Waals surface area contributed by atoms with E-state index in [4.69, 9.17) is 19.3 Å². The van der Waals surface area contributed by atoms with Crippen molar-refractivity contribution in [2.75, 3.05) is 37.1 Å². The number of aromatic hydroxyl groups is 1. The Bertz CT molecular complexity index is 1570. The number of phenolic OH excluding ortho intramolecular Hbond substituents is 1. The molecule has 0 saturated carbocycles. The number of alkyl halides is 1. The summed E-state index contributed by atoms with van der Waals surface area (Å²) in [6, 6.07) is 29.5. The number of hydrogen-bond donors (Lipinski definition) is 1. The molecule has 6 rings (SSSR count). The van der Waals surface area contributed by atoms with Crippen molar-refractivity contribution < 1.29 is 28.9 Å². The molecular formula is C34H33Br3N2O6. The number of ether oxygens (including phenoxy) is 3. The summed E-state index contributed by atoms with van der Waals surface area (Å²) in [7, 11) is 3.17. The van der Waals surface area contributed by atoms with Crippen LogP contribution in [0.4, 0.5) is 11.4 Å². The zero-order chi connectivity index (χ0) is 32.3. The van der Waals surface area contributed by atoms with Crippen molar-refractivity contribution in [3.05, 3.63) is 106 Å². The van der Waals surface area contributed by atoms with E-state index in [9.17, 15) is 9.59 Å². The number of nitrogens with zero attached hydrogens (tertiary/aromatic N) is 2. The lowest BCUT2D eigenvalue weighted by Gasteiger charge is -2.17. The molecular weight excluding hydrogens is 772 g/mol. The van der Waals surface area contributed by atoms with Gasteiger partial charge >= 0.3 is 0 Å². The molecule has 0 aromatic heterocycles. The molecule has 2 heterocycles. The van der Waals surface area contributed by atoms with E-state index in [1.54, 1.807) is 49.5 Å². The van der Waals surface area contributed by atoms with Crippen LogP contribution in [0.15, 0.2) is 106 Å². The molecule has 2 atom stereocenters. The first-order valence-electron chi connectivity index (χ1n) is 14.1. The number of carbonyl (C=O) groups excluding carboxylic acids is 2. The maximum atomic E-state index is 12.5. The van der Waals surface area contributed by atoms with E-state index in [0.29, 0.717) is 30.2 Å². The van der Waals surface area contributed by atoms with Crippen LogP contribution in [0.25, 0.3) is 0 Å². The van der Waals surface area contributed by atoms with Gasteiger partial charge in [-0.1, -0.05) is 59.9 Å². The highest BCUT2D eigenvalue weighted by atomic mass is 79.9. The summed E-state index contributed by atoms with van der Waals surface area (Å²) >= 11 is 10.1. The molecule has 2 amide bonds. The van der Waals surface area contributed by atoms with E-state index in [0.717, 1.165) is 33.3 Å². The number of hydrogen-bond acceptors (Lipinski definition) is 6. The molecule has 4 aromatic rings. The predicted molar refractivity (Wildman–Crippen MR) is 187 cm³/mol. The standard InChI is InChI=1S/C17H16BrNO3.C10H9Br2NO.C7H8O2/c1-21-14-3-2-4-15(11-14)22-16-9-10-19(17(16)20)13-7-5-12(18)6-8-13;11-7-1-3-8(4-2-7)13-6-5-9(12)10(13)14;1-9-7-4-2-3-6(8)5-7/h2-8,11,16H,9-10H2,1H3;1-4,9H,5-6H2;2-5,8H,1H3. The Kier molecular flexibility index (Phi) is 12.7.